The van der Waals surface area contributed by atoms with E-state index in [1.54, 1.807) is 42.5 Å². The molecule has 0 aromatic heterocycles. The molecule has 0 amide bonds. The molecule has 0 spiro atoms. The minimum atomic E-state index is -0.485. The van der Waals surface area contributed by atoms with Crippen molar-refractivity contribution in [3.63, 3.8) is 0 Å². The summed E-state index contributed by atoms with van der Waals surface area (Å²) in [6, 6.07) is 14.6. The molecule has 0 saturated heterocycles. The number of phenols is 2. The van der Waals surface area contributed by atoms with E-state index in [4.69, 9.17) is 4.74 Å². The lowest BCUT2D eigenvalue weighted by atomic mass is 9.81. The van der Waals surface area contributed by atoms with Gasteiger partial charge >= 0.3 is 0 Å². The molecule has 5 nitrogen and oxygen atoms in total. The first kappa shape index (κ1) is 16.8. The molecule has 27 heavy (non-hydrogen) atoms. The van der Waals surface area contributed by atoms with Gasteiger partial charge in [-0.15, -0.1) is 0 Å². The summed E-state index contributed by atoms with van der Waals surface area (Å²) in [5, 5.41) is 21.3. The monoisotopic (exact) mass is 360 g/mol. The Bertz CT molecular complexity index is 1080. The van der Waals surface area contributed by atoms with Crippen molar-refractivity contribution in [3.8, 4) is 28.4 Å². The average molecular weight is 360 g/mol. The van der Waals surface area contributed by atoms with Crippen LogP contribution in [0.4, 0.5) is 0 Å². The van der Waals surface area contributed by atoms with Gasteiger partial charge in [-0.25, -0.2) is 0 Å². The number of ether oxygens (including phenoxy) is 1. The van der Waals surface area contributed by atoms with Crippen LogP contribution in [0.5, 0.6) is 17.2 Å². The molecule has 0 atom stereocenters. The summed E-state index contributed by atoms with van der Waals surface area (Å²) < 4.78 is 5.40. The van der Waals surface area contributed by atoms with Crippen LogP contribution in [0.1, 0.15) is 38.8 Å². The zero-order chi connectivity index (χ0) is 19.1. The van der Waals surface area contributed by atoms with E-state index in [2.05, 4.69) is 0 Å². The third-order valence-electron chi connectivity index (χ3n) is 4.63. The number of phenolic OH excluding ortho intramolecular Hbond substituents is 2. The van der Waals surface area contributed by atoms with E-state index in [9.17, 15) is 19.8 Å². The molecule has 2 N–H and O–H groups in total. The van der Waals surface area contributed by atoms with Crippen molar-refractivity contribution in [1.29, 1.82) is 0 Å². The number of aromatic hydroxyl groups is 2. The number of ketones is 2. The largest absolute Gasteiger partial charge is 0.507 e. The second-order valence-corrected chi connectivity index (χ2v) is 6.20. The highest BCUT2D eigenvalue weighted by Gasteiger charge is 2.35. The van der Waals surface area contributed by atoms with Gasteiger partial charge in [0.2, 0.25) is 0 Å². The van der Waals surface area contributed by atoms with Crippen LogP contribution in [0.2, 0.25) is 0 Å². The minimum Gasteiger partial charge on any atom is -0.507 e. The molecule has 134 valence electrons. The van der Waals surface area contributed by atoms with Crippen LogP contribution < -0.4 is 4.74 Å². The van der Waals surface area contributed by atoms with E-state index in [0.717, 1.165) is 0 Å². The first-order valence-corrected chi connectivity index (χ1v) is 8.53. The fraction of sp³-hybridized carbons (Fsp3) is 0.0909. The summed E-state index contributed by atoms with van der Waals surface area (Å²) in [5.41, 5.74) is 0.975. The van der Waals surface area contributed by atoms with Gasteiger partial charge in [0.25, 0.3) is 0 Å². The highest BCUT2D eigenvalue weighted by Crippen LogP contribution is 2.43. The van der Waals surface area contributed by atoms with Gasteiger partial charge in [-0.3, -0.25) is 9.59 Å². The maximum Gasteiger partial charge on any atom is 0.198 e. The fourth-order valence-electron chi connectivity index (χ4n) is 3.38. The molecule has 0 unspecified atom stereocenters. The molecule has 0 bridgehead atoms. The SMILES string of the molecule is CCOc1ccc(-c2cc(O)c3c(c2O)C(=O)c2ccccc2C3=O)cc1. The molecule has 1 aliphatic carbocycles. The Kier molecular flexibility index (Phi) is 3.92. The van der Waals surface area contributed by atoms with Crippen molar-refractivity contribution in [2.45, 2.75) is 6.92 Å². The zero-order valence-corrected chi connectivity index (χ0v) is 14.5. The molecule has 3 aromatic carbocycles. The Labute approximate surface area is 155 Å². The molecular weight excluding hydrogens is 344 g/mol. The topological polar surface area (TPSA) is 83.8 Å². The minimum absolute atomic E-state index is 0.161. The second kappa shape index (κ2) is 6.29. The summed E-state index contributed by atoms with van der Waals surface area (Å²) in [4.78, 5) is 25.7. The van der Waals surface area contributed by atoms with Crippen molar-refractivity contribution in [2.24, 2.45) is 0 Å². The van der Waals surface area contributed by atoms with Gasteiger partial charge in [0.15, 0.2) is 11.6 Å². The van der Waals surface area contributed by atoms with Gasteiger partial charge in [-0.05, 0) is 30.7 Å². The molecule has 0 aliphatic heterocycles. The number of hydrogen-bond acceptors (Lipinski definition) is 5. The first-order valence-electron chi connectivity index (χ1n) is 8.53. The van der Waals surface area contributed by atoms with E-state index in [0.29, 0.717) is 17.9 Å². The van der Waals surface area contributed by atoms with Crippen molar-refractivity contribution >= 4 is 11.6 Å². The van der Waals surface area contributed by atoms with Gasteiger partial charge in [0.1, 0.15) is 17.2 Å². The van der Waals surface area contributed by atoms with E-state index in [-0.39, 0.29) is 39.3 Å². The second-order valence-electron chi connectivity index (χ2n) is 6.20. The zero-order valence-electron chi connectivity index (χ0n) is 14.5. The molecule has 0 radical (unpaired) electrons. The number of benzene rings is 3. The van der Waals surface area contributed by atoms with Gasteiger partial charge in [0, 0.05) is 16.7 Å². The van der Waals surface area contributed by atoms with Crippen LogP contribution in [-0.4, -0.2) is 28.4 Å². The van der Waals surface area contributed by atoms with Crippen LogP contribution in [0.25, 0.3) is 11.1 Å². The lowest BCUT2D eigenvalue weighted by molar-refractivity contribution is 0.0974. The molecule has 0 saturated carbocycles. The van der Waals surface area contributed by atoms with Gasteiger partial charge in [-0.1, -0.05) is 36.4 Å². The molecule has 1 aliphatic rings. The quantitative estimate of drug-likeness (QED) is 0.541. The predicted molar refractivity (Wildman–Crippen MR) is 99.7 cm³/mol. The lowest BCUT2D eigenvalue weighted by Gasteiger charge is -2.21. The van der Waals surface area contributed by atoms with Crippen LogP contribution in [0, 0.1) is 0 Å². The number of fused-ring (bicyclic) bond motifs is 2. The van der Waals surface area contributed by atoms with E-state index in [1.165, 1.54) is 12.1 Å². The molecule has 5 heteroatoms. The molecular formula is C22H16O5. The highest BCUT2D eigenvalue weighted by atomic mass is 16.5. The average Bonchev–Trinajstić information content (AvgIpc) is 2.68. The summed E-state index contributed by atoms with van der Waals surface area (Å²) >= 11 is 0. The van der Waals surface area contributed by atoms with Gasteiger partial charge in [0.05, 0.1) is 17.7 Å². The van der Waals surface area contributed by atoms with Crippen molar-refractivity contribution in [3.05, 3.63) is 76.9 Å². The molecule has 0 fully saturated rings. The molecule has 4 rings (SSSR count). The molecule has 0 heterocycles. The smallest absolute Gasteiger partial charge is 0.198 e. The van der Waals surface area contributed by atoms with Crippen LogP contribution >= 0.6 is 0 Å². The Hall–Kier alpha value is -3.60. The summed E-state index contributed by atoms with van der Waals surface area (Å²) in [7, 11) is 0. The van der Waals surface area contributed by atoms with E-state index < -0.39 is 11.6 Å². The Morgan fingerprint density at radius 3 is 2.00 bits per heavy atom. The summed E-state index contributed by atoms with van der Waals surface area (Å²) in [6.07, 6.45) is 0. The third-order valence-corrected chi connectivity index (χ3v) is 4.63. The van der Waals surface area contributed by atoms with E-state index in [1.807, 2.05) is 6.92 Å². The van der Waals surface area contributed by atoms with Crippen LogP contribution in [0.15, 0.2) is 54.6 Å². The third kappa shape index (κ3) is 2.56. The maximum absolute atomic E-state index is 12.9. The van der Waals surface area contributed by atoms with Gasteiger partial charge < -0.3 is 14.9 Å². The Morgan fingerprint density at radius 1 is 0.815 bits per heavy atom. The first-order chi connectivity index (χ1) is 13.0. The van der Waals surface area contributed by atoms with Crippen molar-refractivity contribution < 1.29 is 24.5 Å². The maximum atomic E-state index is 12.9. The van der Waals surface area contributed by atoms with Crippen LogP contribution in [0.3, 0.4) is 0 Å². The number of carbonyl (C=O) groups is 2. The number of rotatable bonds is 3. The molecule has 3 aromatic rings. The highest BCUT2D eigenvalue weighted by molar-refractivity contribution is 6.30. The van der Waals surface area contributed by atoms with Crippen molar-refractivity contribution in [1.82, 2.24) is 0 Å². The normalized spacial score (nSPS) is 12.5. The lowest BCUT2D eigenvalue weighted by Crippen LogP contribution is -2.21. The Morgan fingerprint density at radius 2 is 1.41 bits per heavy atom. The number of hydrogen-bond donors (Lipinski definition) is 2. The Balaban J connectivity index is 1.90. The summed E-state index contributed by atoms with van der Waals surface area (Å²) in [6.45, 7) is 2.40. The summed E-state index contributed by atoms with van der Waals surface area (Å²) in [5.74, 6) is -0.950. The van der Waals surface area contributed by atoms with Gasteiger partial charge in [-0.2, -0.15) is 0 Å². The number of carbonyl (C=O) groups excluding carboxylic acids is 2. The van der Waals surface area contributed by atoms with E-state index >= 15 is 0 Å². The predicted octanol–water partition coefficient (Wildman–Crippen LogP) is 3.94. The standard InChI is InChI=1S/C22H16O5/c1-2-27-13-9-7-12(8-10-13)16-11-17(23)18-19(22(16)26)21(25)15-6-4-3-5-14(15)20(18)24/h3-11,23,26H,2H2,1H3. The fourth-order valence-corrected chi connectivity index (χ4v) is 3.38. The van der Waals surface area contributed by atoms with Crippen molar-refractivity contribution in [2.75, 3.05) is 6.61 Å². The van der Waals surface area contributed by atoms with Crippen LogP contribution in [-0.2, 0) is 0 Å².